The molecule has 2 nitrogen and oxygen atoms in total. The molecule has 0 aromatic carbocycles. The van der Waals surface area contributed by atoms with Crippen LogP contribution >= 0.6 is 0 Å². The Morgan fingerprint density at radius 1 is 1.12 bits per heavy atom. The van der Waals surface area contributed by atoms with Crippen LogP contribution in [0.25, 0.3) is 0 Å². The summed E-state index contributed by atoms with van der Waals surface area (Å²) in [7, 11) is 0. The summed E-state index contributed by atoms with van der Waals surface area (Å²) in [5.74, 6) is 1.16. The summed E-state index contributed by atoms with van der Waals surface area (Å²) in [6.45, 7) is 5.07. The second-order valence-electron chi connectivity index (χ2n) is 5.10. The molecule has 0 bridgehead atoms. The van der Waals surface area contributed by atoms with Gasteiger partial charge in [0, 0.05) is 19.4 Å². The molecule has 0 aliphatic heterocycles. The molecule has 0 aromatic rings. The van der Waals surface area contributed by atoms with E-state index >= 15 is 0 Å². The predicted octanol–water partition coefficient (Wildman–Crippen LogP) is 3.97. The van der Waals surface area contributed by atoms with Crippen molar-refractivity contribution in [3.8, 4) is 0 Å². The van der Waals surface area contributed by atoms with Crippen LogP contribution in [0, 0.1) is 0 Å². The van der Waals surface area contributed by atoms with Crippen molar-refractivity contribution in [3.05, 3.63) is 23.5 Å². The summed E-state index contributed by atoms with van der Waals surface area (Å²) in [5, 5.41) is 0. The lowest BCUT2D eigenvalue weighted by Gasteiger charge is -2.28. The van der Waals surface area contributed by atoms with Crippen LogP contribution in [-0.4, -0.2) is 18.8 Å². The van der Waals surface area contributed by atoms with E-state index in [1.165, 1.54) is 12.0 Å². The number of allylic oxidation sites excluding steroid dienone is 2. The molecule has 0 saturated carbocycles. The van der Waals surface area contributed by atoms with Crippen molar-refractivity contribution >= 4 is 0 Å². The third-order valence-electron chi connectivity index (χ3n) is 3.54. The molecule has 0 amide bonds. The average molecular weight is 236 g/mol. The monoisotopic (exact) mass is 236 g/mol. The lowest BCUT2D eigenvalue weighted by Crippen LogP contribution is -2.22. The van der Waals surface area contributed by atoms with Gasteiger partial charge in [-0.05, 0) is 45.6 Å². The van der Waals surface area contributed by atoms with Gasteiger partial charge in [0.1, 0.15) is 6.10 Å². The van der Waals surface area contributed by atoms with E-state index in [-0.39, 0.29) is 0 Å². The molecule has 2 unspecified atom stereocenters. The fraction of sp³-hybridized carbons (Fsp3) is 0.733. The van der Waals surface area contributed by atoms with Crippen LogP contribution < -0.4 is 0 Å². The molecule has 0 fully saturated rings. The van der Waals surface area contributed by atoms with Crippen molar-refractivity contribution < 1.29 is 9.47 Å². The number of ether oxygens (including phenoxy) is 2. The first-order valence-electron chi connectivity index (χ1n) is 6.91. The Balaban J connectivity index is 1.82. The van der Waals surface area contributed by atoms with Gasteiger partial charge in [-0.15, -0.1) is 0 Å². The zero-order valence-corrected chi connectivity index (χ0v) is 11.1. The largest absolute Gasteiger partial charge is 0.495 e. The molecule has 0 aromatic heterocycles. The lowest BCUT2D eigenvalue weighted by molar-refractivity contribution is 0.0233. The van der Waals surface area contributed by atoms with Crippen molar-refractivity contribution in [2.45, 2.75) is 64.6 Å². The van der Waals surface area contributed by atoms with Gasteiger partial charge in [-0.2, -0.15) is 0 Å². The third-order valence-corrected chi connectivity index (χ3v) is 3.54. The minimum Gasteiger partial charge on any atom is -0.495 e. The summed E-state index contributed by atoms with van der Waals surface area (Å²) in [5.41, 5.74) is 1.47. The summed E-state index contributed by atoms with van der Waals surface area (Å²) >= 11 is 0. The summed E-state index contributed by atoms with van der Waals surface area (Å²) < 4.78 is 11.8. The van der Waals surface area contributed by atoms with Crippen molar-refractivity contribution in [3.63, 3.8) is 0 Å². The van der Waals surface area contributed by atoms with Crippen LogP contribution in [0.5, 0.6) is 0 Å². The SMILES string of the molecule is CCOC1CCC=C(OC2CCC=C(C)C2)C1. The molecule has 2 heteroatoms. The Morgan fingerprint density at radius 3 is 2.65 bits per heavy atom. The van der Waals surface area contributed by atoms with Gasteiger partial charge >= 0.3 is 0 Å². The van der Waals surface area contributed by atoms with E-state index in [9.17, 15) is 0 Å². The summed E-state index contributed by atoms with van der Waals surface area (Å²) in [4.78, 5) is 0. The van der Waals surface area contributed by atoms with E-state index in [0.717, 1.165) is 44.5 Å². The maximum absolute atomic E-state index is 6.12. The van der Waals surface area contributed by atoms with E-state index in [4.69, 9.17) is 9.47 Å². The Morgan fingerprint density at radius 2 is 1.88 bits per heavy atom. The molecular weight excluding hydrogens is 212 g/mol. The van der Waals surface area contributed by atoms with Gasteiger partial charge < -0.3 is 9.47 Å². The van der Waals surface area contributed by atoms with E-state index in [2.05, 4.69) is 26.0 Å². The maximum atomic E-state index is 6.12. The Labute approximate surface area is 105 Å². The third kappa shape index (κ3) is 3.88. The van der Waals surface area contributed by atoms with Crippen LogP contribution in [0.4, 0.5) is 0 Å². The molecule has 2 aliphatic carbocycles. The Kier molecular flexibility index (Phi) is 4.66. The van der Waals surface area contributed by atoms with E-state index in [1.54, 1.807) is 0 Å². The molecule has 2 aliphatic rings. The van der Waals surface area contributed by atoms with Crippen LogP contribution in [0.1, 0.15) is 52.4 Å². The highest BCUT2D eigenvalue weighted by atomic mass is 16.5. The quantitative estimate of drug-likeness (QED) is 0.687. The van der Waals surface area contributed by atoms with Crippen LogP contribution in [-0.2, 0) is 9.47 Å². The second kappa shape index (κ2) is 6.25. The lowest BCUT2D eigenvalue weighted by atomic mass is 9.97. The standard InChI is InChI=1S/C15H24O2/c1-3-16-13-7-5-9-15(11-13)17-14-8-4-6-12(2)10-14/h6,9,13-14H,3-5,7-8,10-11H2,1-2H3. The van der Waals surface area contributed by atoms with Gasteiger partial charge in [0.25, 0.3) is 0 Å². The van der Waals surface area contributed by atoms with Crippen LogP contribution in [0.2, 0.25) is 0 Å². The average Bonchev–Trinajstić information content (AvgIpc) is 2.30. The van der Waals surface area contributed by atoms with Crippen molar-refractivity contribution in [2.75, 3.05) is 6.61 Å². The maximum Gasteiger partial charge on any atom is 0.102 e. The number of hydrogen-bond acceptors (Lipinski definition) is 2. The van der Waals surface area contributed by atoms with Crippen molar-refractivity contribution in [1.82, 2.24) is 0 Å². The predicted molar refractivity (Wildman–Crippen MR) is 69.8 cm³/mol. The summed E-state index contributed by atoms with van der Waals surface area (Å²) in [6.07, 6.45) is 12.0. The highest BCUT2D eigenvalue weighted by Crippen LogP contribution is 2.27. The van der Waals surface area contributed by atoms with E-state index in [1.807, 2.05) is 0 Å². The summed E-state index contributed by atoms with van der Waals surface area (Å²) in [6, 6.07) is 0. The number of hydrogen-bond donors (Lipinski definition) is 0. The van der Waals surface area contributed by atoms with Gasteiger partial charge in [-0.1, -0.05) is 11.6 Å². The minimum atomic E-state index is 0.375. The first kappa shape index (κ1) is 12.7. The zero-order valence-electron chi connectivity index (χ0n) is 11.1. The Bertz CT molecular complexity index is 304. The van der Waals surface area contributed by atoms with Crippen molar-refractivity contribution in [2.24, 2.45) is 0 Å². The first-order chi connectivity index (χ1) is 8.28. The molecule has 2 atom stereocenters. The van der Waals surface area contributed by atoms with Gasteiger partial charge in [0.2, 0.25) is 0 Å². The van der Waals surface area contributed by atoms with Gasteiger partial charge in [0.15, 0.2) is 0 Å². The molecule has 0 heterocycles. The molecule has 0 N–H and O–H groups in total. The zero-order chi connectivity index (χ0) is 12.1. The topological polar surface area (TPSA) is 18.5 Å². The fourth-order valence-electron chi connectivity index (χ4n) is 2.69. The van der Waals surface area contributed by atoms with E-state index in [0.29, 0.717) is 12.2 Å². The smallest absolute Gasteiger partial charge is 0.102 e. The second-order valence-corrected chi connectivity index (χ2v) is 5.10. The normalized spacial score (nSPS) is 29.5. The Hall–Kier alpha value is -0.760. The van der Waals surface area contributed by atoms with Crippen molar-refractivity contribution in [1.29, 1.82) is 0 Å². The molecule has 96 valence electrons. The molecule has 0 saturated heterocycles. The van der Waals surface area contributed by atoms with Gasteiger partial charge in [0.05, 0.1) is 11.9 Å². The molecule has 0 spiro atoms. The van der Waals surface area contributed by atoms with Crippen LogP contribution in [0.15, 0.2) is 23.5 Å². The highest BCUT2D eigenvalue weighted by Gasteiger charge is 2.20. The molecule has 0 radical (unpaired) electrons. The minimum absolute atomic E-state index is 0.375. The van der Waals surface area contributed by atoms with Gasteiger partial charge in [-0.25, -0.2) is 0 Å². The number of rotatable bonds is 4. The first-order valence-corrected chi connectivity index (χ1v) is 6.91. The molecule has 2 rings (SSSR count). The van der Waals surface area contributed by atoms with E-state index < -0.39 is 0 Å². The van der Waals surface area contributed by atoms with Crippen LogP contribution in [0.3, 0.4) is 0 Å². The molecule has 17 heavy (non-hydrogen) atoms. The highest BCUT2D eigenvalue weighted by molar-refractivity contribution is 5.06. The fourth-order valence-corrected chi connectivity index (χ4v) is 2.69. The molecular formula is C15H24O2. The van der Waals surface area contributed by atoms with Gasteiger partial charge in [-0.3, -0.25) is 0 Å².